The number of nitrogens with two attached hydrogens (primary N) is 1. The molecule has 0 aliphatic carbocycles. The summed E-state index contributed by atoms with van der Waals surface area (Å²) in [5.74, 6) is -0.473. The van der Waals surface area contributed by atoms with E-state index in [9.17, 15) is 14.9 Å². The van der Waals surface area contributed by atoms with Gasteiger partial charge in [0.15, 0.2) is 0 Å². The van der Waals surface area contributed by atoms with Gasteiger partial charge in [0.1, 0.15) is 0 Å². The van der Waals surface area contributed by atoms with Crippen LogP contribution in [0.15, 0.2) is 12.3 Å². The zero-order chi connectivity index (χ0) is 14.4. The van der Waals surface area contributed by atoms with E-state index in [0.717, 1.165) is 0 Å². The number of anilines is 1. The number of aromatic nitrogens is 1. The van der Waals surface area contributed by atoms with Crippen molar-refractivity contribution in [1.29, 1.82) is 0 Å². The molecule has 0 spiro atoms. The monoisotopic (exact) mass is 265 g/mol. The average Bonchev–Trinajstić information content (AvgIpc) is 2.32. The fourth-order valence-electron chi connectivity index (χ4n) is 1.53. The number of ether oxygens (including phenoxy) is 1. The van der Waals surface area contributed by atoms with Gasteiger partial charge in [-0.3, -0.25) is 14.9 Å². The molecule has 0 aliphatic heterocycles. The van der Waals surface area contributed by atoms with Crippen molar-refractivity contribution < 1.29 is 14.5 Å². The molecule has 19 heavy (non-hydrogen) atoms. The van der Waals surface area contributed by atoms with Crippen LogP contribution >= 0.6 is 0 Å². The first-order chi connectivity index (χ1) is 8.97. The molecule has 0 saturated heterocycles. The Balaban J connectivity index is 2.91. The van der Waals surface area contributed by atoms with Crippen LogP contribution in [0, 0.1) is 17.0 Å². The van der Waals surface area contributed by atoms with Crippen LogP contribution in [0.1, 0.15) is 24.5 Å². The quantitative estimate of drug-likeness (QED) is 0.494. The molecular formula is C12H15N3O4. The summed E-state index contributed by atoms with van der Waals surface area (Å²) < 4.78 is 4.76. The van der Waals surface area contributed by atoms with Crippen molar-refractivity contribution in [2.75, 3.05) is 12.3 Å². The van der Waals surface area contributed by atoms with Crippen molar-refractivity contribution in [3.63, 3.8) is 0 Å². The molecule has 1 aromatic heterocycles. The van der Waals surface area contributed by atoms with Crippen LogP contribution in [0.4, 0.5) is 11.5 Å². The van der Waals surface area contributed by atoms with E-state index >= 15 is 0 Å². The number of nitro groups is 1. The third-order valence-corrected chi connectivity index (χ3v) is 2.44. The Kier molecular flexibility index (Phi) is 4.99. The Morgan fingerprint density at radius 2 is 2.32 bits per heavy atom. The van der Waals surface area contributed by atoms with E-state index in [2.05, 4.69) is 4.98 Å². The molecule has 2 N–H and O–H groups in total. The van der Waals surface area contributed by atoms with Gasteiger partial charge >= 0.3 is 11.7 Å². The molecule has 0 amide bonds. The lowest BCUT2D eigenvalue weighted by molar-refractivity contribution is -0.384. The van der Waals surface area contributed by atoms with E-state index in [1.165, 1.54) is 6.20 Å². The first-order valence-corrected chi connectivity index (χ1v) is 5.69. The summed E-state index contributed by atoms with van der Waals surface area (Å²) in [5.41, 5.74) is 6.21. The van der Waals surface area contributed by atoms with Crippen molar-refractivity contribution >= 4 is 23.6 Å². The second-order valence-electron chi connectivity index (χ2n) is 3.74. The predicted molar refractivity (Wildman–Crippen MR) is 70.3 cm³/mol. The number of carbonyl (C=O) groups is 1. The first kappa shape index (κ1) is 14.6. The molecule has 1 aromatic rings. The van der Waals surface area contributed by atoms with Crippen molar-refractivity contribution in [1.82, 2.24) is 4.98 Å². The minimum Gasteiger partial charge on any atom is -0.466 e. The van der Waals surface area contributed by atoms with Crippen molar-refractivity contribution in [3.05, 3.63) is 33.5 Å². The number of esters is 1. The highest BCUT2D eigenvalue weighted by Crippen LogP contribution is 2.26. The van der Waals surface area contributed by atoms with Crippen LogP contribution in [0.25, 0.3) is 6.08 Å². The number of pyridine rings is 1. The third-order valence-electron chi connectivity index (χ3n) is 2.44. The molecule has 0 saturated carbocycles. The first-order valence-electron chi connectivity index (χ1n) is 5.69. The molecule has 102 valence electrons. The van der Waals surface area contributed by atoms with E-state index in [-0.39, 0.29) is 23.9 Å². The molecule has 7 nitrogen and oxygen atoms in total. The Hall–Kier alpha value is -2.44. The number of nitrogens with zero attached hydrogens (tertiary/aromatic N) is 2. The largest absolute Gasteiger partial charge is 0.466 e. The molecule has 0 unspecified atom stereocenters. The maximum Gasteiger partial charge on any atom is 0.314 e. The van der Waals surface area contributed by atoms with Crippen molar-refractivity contribution in [2.45, 2.75) is 20.3 Å². The molecule has 1 heterocycles. The fraction of sp³-hybridized carbons (Fsp3) is 0.333. The van der Waals surface area contributed by atoms with Crippen LogP contribution in [0.5, 0.6) is 0 Å². The fourth-order valence-corrected chi connectivity index (χ4v) is 1.53. The molecule has 0 aromatic carbocycles. The Morgan fingerprint density at radius 3 is 2.89 bits per heavy atom. The molecule has 0 atom stereocenters. The summed E-state index contributed by atoms with van der Waals surface area (Å²) in [6.45, 7) is 3.62. The highest BCUT2D eigenvalue weighted by atomic mass is 16.6. The van der Waals surface area contributed by atoms with Crippen LogP contribution in [-0.4, -0.2) is 22.5 Å². The van der Waals surface area contributed by atoms with E-state index in [4.69, 9.17) is 10.5 Å². The van der Waals surface area contributed by atoms with Gasteiger partial charge in [-0.1, -0.05) is 12.2 Å². The van der Waals surface area contributed by atoms with Gasteiger partial charge in [0.25, 0.3) is 0 Å². The van der Waals surface area contributed by atoms with Gasteiger partial charge in [-0.2, -0.15) is 0 Å². The summed E-state index contributed by atoms with van der Waals surface area (Å²) in [4.78, 5) is 25.2. The zero-order valence-corrected chi connectivity index (χ0v) is 10.8. The van der Waals surface area contributed by atoms with E-state index < -0.39 is 4.92 Å². The smallest absolute Gasteiger partial charge is 0.314 e. The molecule has 1 rings (SSSR count). The lowest BCUT2D eigenvalue weighted by atomic mass is 10.1. The van der Waals surface area contributed by atoms with Crippen LogP contribution < -0.4 is 5.73 Å². The van der Waals surface area contributed by atoms with Crippen LogP contribution in [0.3, 0.4) is 0 Å². The van der Waals surface area contributed by atoms with Gasteiger partial charge in [-0.05, 0) is 13.8 Å². The van der Waals surface area contributed by atoms with Gasteiger partial charge in [-0.25, -0.2) is 4.98 Å². The highest BCUT2D eigenvalue weighted by Gasteiger charge is 2.18. The Labute approximate surface area is 110 Å². The number of rotatable bonds is 5. The van der Waals surface area contributed by atoms with E-state index in [1.54, 1.807) is 26.0 Å². The van der Waals surface area contributed by atoms with Gasteiger partial charge < -0.3 is 10.5 Å². The average molecular weight is 265 g/mol. The summed E-state index contributed by atoms with van der Waals surface area (Å²) in [6, 6.07) is 0. The lowest BCUT2D eigenvalue weighted by Crippen LogP contribution is -2.03. The molecule has 0 bridgehead atoms. The number of carbonyl (C=O) groups excluding carboxylic acids is 1. The van der Waals surface area contributed by atoms with Crippen molar-refractivity contribution in [2.24, 2.45) is 0 Å². The molecule has 0 fully saturated rings. The standard InChI is InChI=1S/C12H15N3O4/c1-3-19-10(16)6-4-5-9-7-14-12(13)11(8(9)2)15(17)18/h4-5,7H,3,6H2,1-2H3,(H2,13,14). The molecule has 7 heteroatoms. The number of hydrogen-bond donors (Lipinski definition) is 1. The SMILES string of the molecule is CCOC(=O)CC=Cc1cnc(N)c([N+](=O)[O-])c1C. The Bertz CT molecular complexity index is 526. The Morgan fingerprint density at radius 1 is 1.63 bits per heavy atom. The van der Waals surface area contributed by atoms with E-state index in [1.807, 2.05) is 0 Å². The minimum atomic E-state index is -0.569. The number of nitrogen functional groups attached to an aromatic ring is 1. The summed E-state index contributed by atoms with van der Waals surface area (Å²) in [6.07, 6.45) is 4.69. The maximum absolute atomic E-state index is 11.1. The maximum atomic E-state index is 11.1. The summed E-state index contributed by atoms with van der Waals surface area (Å²) in [5, 5.41) is 10.8. The lowest BCUT2D eigenvalue weighted by Gasteiger charge is -2.03. The molecule has 0 aliphatic rings. The van der Waals surface area contributed by atoms with Gasteiger partial charge in [0, 0.05) is 17.3 Å². The predicted octanol–water partition coefficient (Wildman–Crippen LogP) is 1.85. The summed E-state index contributed by atoms with van der Waals surface area (Å²) in [7, 11) is 0. The normalized spacial score (nSPS) is 10.6. The third kappa shape index (κ3) is 3.77. The van der Waals surface area contributed by atoms with Gasteiger partial charge in [-0.15, -0.1) is 0 Å². The second-order valence-corrected chi connectivity index (χ2v) is 3.74. The van der Waals surface area contributed by atoms with Gasteiger partial charge in [0.05, 0.1) is 18.0 Å². The highest BCUT2D eigenvalue weighted by molar-refractivity contribution is 5.73. The molecule has 0 radical (unpaired) electrons. The van der Waals surface area contributed by atoms with Gasteiger partial charge in [0.2, 0.25) is 5.82 Å². The summed E-state index contributed by atoms with van der Waals surface area (Å²) >= 11 is 0. The van der Waals surface area contributed by atoms with Crippen LogP contribution in [0.2, 0.25) is 0 Å². The topological polar surface area (TPSA) is 108 Å². The van der Waals surface area contributed by atoms with Crippen molar-refractivity contribution in [3.8, 4) is 0 Å². The second kappa shape index (κ2) is 6.48. The zero-order valence-electron chi connectivity index (χ0n) is 10.8. The van der Waals surface area contributed by atoms with Crippen LogP contribution in [-0.2, 0) is 9.53 Å². The minimum absolute atomic E-state index is 0.103. The van der Waals surface area contributed by atoms with E-state index in [0.29, 0.717) is 17.7 Å². The number of hydrogen-bond acceptors (Lipinski definition) is 6. The molecular weight excluding hydrogens is 250 g/mol.